The van der Waals surface area contributed by atoms with Crippen LogP contribution in [-0.4, -0.2) is 43.9 Å². The lowest BCUT2D eigenvalue weighted by Crippen LogP contribution is -2.15. The van der Waals surface area contributed by atoms with E-state index in [4.69, 9.17) is 9.84 Å². The van der Waals surface area contributed by atoms with Gasteiger partial charge in [0.05, 0.1) is 6.61 Å². The summed E-state index contributed by atoms with van der Waals surface area (Å²) in [5.41, 5.74) is 2.52. The van der Waals surface area contributed by atoms with Crippen LogP contribution >= 0.6 is 11.3 Å². The highest BCUT2D eigenvalue weighted by molar-refractivity contribution is 7.08. The van der Waals surface area contributed by atoms with Crippen LogP contribution in [0.4, 0.5) is 0 Å². The lowest BCUT2D eigenvalue weighted by molar-refractivity contribution is 0.281. The molecule has 0 unspecified atom stereocenters. The van der Waals surface area contributed by atoms with Gasteiger partial charge in [0.15, 0.2) is 0 Å². The van der Waals surface area contributed by atoms with Crippen molar-refractivity contribution >= 4 is 11.3 Å². The van der Waals surface area contributed by atoms with Gasteiger partial charge in [-0.25, -0.2) is 0 Å². The van der Waals surface area contributed by atoms with E-state index in [2.05, 4.69) is 48.0 Å². The quantitative estimate of drug-likeness (QED) is 0.825. The van der Waals surface area contributed by atoms with Gasteiger partial charge in [-0.3, -0.25) is 0 Å². The summed E-state index contributed by atoms with van der Waals surface area (Å²) in [7, 11) is 4.16. The van der Waals surface area contributed by atoms with Crippen LogP contribution in [0.5, 0.6) is 5.75 Å². The summed E-state index contributed by atoms with van der Waals surface area (Å²) in [4.78, 5) is 2.17. The predicted octanol–water partition coefficient (Wildman–Crippen LogP) is 3.74. The minimum absolute atomic E-state index is 0.250. The maximum absolute atomic E-state index is 7.57. The first kappa shape index (κ1) is 17.7. The summed E-state index contributed by atoms with van der Waals surface area (Å²) in [6.45, 7) is 3.77. The minimum Gasteiger partial charge on any atom is -0.494 e. The third-order valence-electron chi connectivity index (χ3n) is 2.73. The Labute approximate surface area is 131 Å². The SMILES string of the molecule is CCO.CN(C)CCCOc1ccc(-c2ccsc2)cc1. The molecule has 0 bridgehead atoms. The van der Waals surface area contributed by atoms with E-state index in [1.54, 1.807) is 18.3 Å². The Bertz CT molecular complexity index is 466. The molecule has 0 aliphatic rings. The first-order chi connectivity index (χ1) is 10.2. The molecular weight excluding hydrogens is 282 g/mol. The molecule has 1 aromatic heterocycles. The van der Waals surface area contributed by atoms with E-state index in [1.165, 1.54) is 11.1 Å². The number of aliphatic hydroxyl groups is 1. The van der Waals surface area contributed by atoms with E-state index in [1.807, 2.05) is 12.1 Å². The van der Waals surface area contributed by atoms with Crippen LogP contribution in [0.3, 0.4) is 0 Å². The molecule has 116 valence electrons. The number of benzene rings is 1. The van der Waals surface area contributed by atoms with Crippen molar-refractivity contribution in [2.45, 2.75) is 13.3 Å². The third kappa shape index (κ3) is 7.27. The lowest BCUT2D eigenvalue weighted by Gasteiger charge is -2.10. The molecule has 0 atom stereocenters. The van der Waals surface area contributed by atoms with Crippen LogP contribution in [0.1, 0.15) is 13.3 Å². The van der Waals surface area contributed by atoms with E-state index in [0.29, 0.717) is 0 Å². The molecule has 2 rings (SSSR count). The monoisotopic (exact) mass is 307 g/mol. The molecule has 21 heavy (non-hydrogen) atoms. The average molecular weight is 307 g/mol. The van der Waals surface area contributed by atoms with Gasteiger partial charge in [-0.15, -0.1) is 0 Å². The molecule has 2 aromatic rings. The van der Waals surface area contributed by atoms with Crippen molar-refractivity contribution in [1.29, 1.82) is 0 Å². The average Bonchev–Trinajstić information content (AvgIpc) is 2.99. The molecule has 0 spiro atoms. The molecule has 4 heteroatoms. The van der Waals surface area contributed by atoms with Crippen molar-refractivity contribution in [1.82, 2.24) is 4.90 Å². The molecular formula is C17H25NO2S. The molecule has 1 N–H and O–H groups in total. The Morgan fingerprint density at radius 1 is 1.10 bits per heavy atom. The van der Waals surface area contributed by atoms with Crippen LogP contribution in [0, 0.1) is 0 Å². The van der Waals surface area contributed by atoms with E-state index in [0.717, 1.165) is 25.3 Å². The normalized spacial score (nSPS) is 10.1. The molecule has 1 heterocycles. The number of hydrogen-bond acceptors (Lipinski definition) is 4. The van der Waals surface area contributed by atoms with Gasteiger partial charge in [-0.1, -0.05) is 12.1 Å². The molecule has 0 fully saturated rings. The van der Waals surface area contributed by atoms with Crippen LogP contribution in [0.15, 0.2) is 41.1 Å². The third-order valence-corrected chi connectivity index (χ3v) is 3.41. The van der Waals surface area contributed by atoms with Crippen molar-refractivity contribution in [3.05, 3.63) is 41.1 Å². The fraction of sp³-hybridized carbons (Fsp3) is 0.412. The van der Waals surface area contributed by atoms with Gasteiger partial charge in [-0.2, -0.15) is 11.3 Å². The number of rotatable bonds is 6. The van der Waals surface area contributed by atoms with Crippen LogP contribution in [0.25, 0.3) is 11.1 Å². The number of ether oxygens (including phenoxy) is 1. The Morgan fingerprint density at radius 2 is 1.76 bits per heavy atom. The summed E-state index contributed by atoms with van der Waals surface area (Å²) < 4.78 is 5.70. The highest BCUT2D eigenvalue weighted by Gasteiger charge is 1.99. The zero-order valence-electron chi connectivity index (χ0n) is 13.1. The second kappa shape index (κ2) is 10.4. The summed E-state index contributed by atoms with van der Waals surface area (Å²) in [6, 6.07) is 10.5. The Morgan fingerprint density at radius 3 is 2.29 bits per heavy atom. The summed E-state index contributed by atoms with van der Waals surface area (Å²) in [6.07, 6.45) is 1.05. The van der Waals surface area contributed by atoms with Gasteiger partial charge in [0, 0.05) is 13.2 Å². The molecule has 3 nitrogen and oxygen atoms in total. The molecule has 0 saturated heterocycles. The predicted molar refractivity (Wildman–Crippen MR) is 91.2 cm³/mol. The summed E-state index contributed by atoms with van der Waals surface area (Å²) >= 11 is 1.72. The second-order valence-electron chi connectivity index (χ2n) is 4.86. The zero-order valence-corrected chi connectivity index (χ0v) is 13.9. The lowest BCUT2D eigenvalue weighted by atomic mass is 10.1. The van der Waals surface area contributed by atoms with Gasteiger partial charge in [0.2, 0.25) is 0 Å². The Kier molecular flexibility index (Phi) is 8.74. The van der Waals surface area contributed by atoms with Crippen molar-refractivity contribution in [2.24, 2.45) is 0 Å². The molecule has 0 radical (unpaired) electrons. The topological polar surface area (TPSA) is 32.7 Å². The number of hydrogen-bond donors (Lipinski definition) is 1. The minimum atomic E-state index is 0.250. The first-order valence-corrected chi connectivity index (χ1v) is 8.12. The molecule has 1 aromatic carbocycles. The van der Waals surface area contributed by atoms with Gasteiger partial charge in [0.1, 0.15) is 5.75 Å². The number of thiophene rings is 1. The fourth-order valence-corrected chi connectivity index (χ4v) is 2.41. The first-order valence-electron chi connectivity index (χ1n) is 7.18. The maximum Gasteiger partial charge on any atom is 0.119 e. The van der Waals surface area contributed by atoms with Crippen LogP contribution in [0.2, 0.25) is 0 Å². The van der Waals surface area contributed by atoms with E-state index < -0.39 is 0 Å². The molecule has 0 amide bonds. The van der Waals surface area contributed by atoms with Crippen molar-refractivity contribution in [3.63, 3.8) is 0 Å². The van der Waals surface area contributed by atoms with Crippen molar-refractivity contribution < 1.29 is 9.84 Å². The van der Waals surface area contributed by atoms with E-state index in [9.17, 15) is 0 Å². The largest absolute Gasteiger partial charge is 0.494 e. The van der Waals surface area contributed by atoms with Crippen molar-refractivity contribution in [3.8, 4) is 16.9 Å². The van der Waals surface area contributed by atoms with E-state index in [-0.39, 0.29) is 6.61 Å². The van der Waals surface area contributed by atoms with Gasteiger partial charge in [-0.05, 0) is 67.5 Å². The van der Waals surface area contributed by atoms with Crippen LogP contribution < -0.4 is 4.74 Å². The smallest absolute Gasteiger partial charge is 0.119 e. The standard InChI is InChI=1S/C15H19NOS.C2H6O/c1-16(2)9-3-10-17-15-6-4-13(5-7-15)14-8-11-18-12-14;1-2-3/h4-8,11-12H,3,9-10H2,1-2H3;3H,2H2,1H3. The Balaban J connectivity index is 0.000000677. The summed E-state index contributed by atoms with van der Waals surface area (Å²) in [5.74, 6) is 0.952. The highest BCUT2D eigenvalue weighted by Crippen LogP contribution is 2.24. The Hall–Kier alpha value is -1.36. The van der Waals surface area contributed by atoms with Crippen LogP contribution in [-0.2, 0) is 0 Å². The fourth-order valence-electron chi connectivity index (χ4n) is 1.74. The van der Waals surface area contributed by atoms with Crippen molar-refractivity contribution in [2.75, 3.05) is 33.9 Å². The zero-order chi connectivity index (χ0) is 15.5. The number of nitrogens with zero attached hydrogens (tertiary/aromatic N) is 1. The van der Waals surface area contributed by atoms with Gasteiger partial charge >= 0.3 is 0 Å². The molecule has 0 aliphatic carbocycles. The number of aliphatic hydroxyl groups excluding tert-OH is 1. The highest BCUT2D eigenvalue weighted by atomic mass is 32.1. The maximum atomic E-state index is 7.57. The van der Waals surface area contributed by atoms with E-state index >= 15 is 0 Å². The summed E-state index contributed by atoms with van der Waals surface area (Å²) in [5, 5.41) is 11.8. The molecule has 0 aliphatic heterocycles. The molecule has 0 saturated carbocycles. The van der Waals surface area contributed by atoms with Gasteiger partial charge in [0.25, 0.3) is 0 Å². The van der Waals surface area contributed by atoms with Gasteiger partial charge < -0.3 is 14.7 Å². The second-order valence-corrected chi connectivity index (χ2v) is 5.64.